The zero-order valence-corrected chi connectivity index (χ0v) is 19.2. The predicted molar refractivity (Wildman–Crippen MR) is 130 cm³/mol. The number of nitrogens with one attached hydrogen (secondary N) is 1. The summed E-state index contributed by atoms with van der Waals surface area (Å²) in [4.78, 5) is 37.8. The normalized spacial score (nSPS) is 10.5. The van der Waals surface area contributed by atoms with E-state index in [1.807, 2.05) is 49.4 Å². The Labute approximate surface area is 198 Å². The largest absolute Gasteiger partial charge is 0.383 e. The molecule has 0 atom stereocenters. The topological polar surface area (TPSA) is 102 Å². The third kappa shape index (κ3) is 6.73. The summed E-state index contributed by atoms with van der Waals surface area (Å²) >= 11 is 0. The quantitative estimate of drug-likeness (QED) is 0.279. The molecule has 0 bridgehead atoms. The van der Waals surface area contributed by atoms with E-state index >= 15 is 0 Å². The Hall–Kier alpha value is -4.04. The number of hydrogen-bond donors (Lipinski definition) is 1. The van der Waals surface area contributed by atoms with Crippen molar-refractivity contribution < 1.29 is 19.2 Å². The molecule has 3 rings (SSSR count). The first-order valence-corrected chi connectivity index (χ1v) is 10.8. The molecule has 3 aromatic rings. The second kappa shape index (κ2) is 11.7. The number of nitro benzene ring substituents is 1. The molecule has 0 spiro atoms. The number of hydrogen-bond acceptors (Lipinski definition) is 5. The molecule has 1 N–H and O–H groups in total. The van der Waals surface area contributed by atoms with E-state index in [1.54, 1.807) is 18.1 Å². The van der Waals surface area contributed by atoms with Gasteiger partial charge in [0.2, 0.25) is 5.91 Å². The van der Waals surface area contributed by atoms with Crippen LogP contribution < -0.4 is 10.2 Å². The summed E-state index contributed by atoms with van der Waals surface area (Å²) in [7, 11) is 1.57. The van der Waals surface area contributed by atoms with Gasteiger partial charge >= 0.3 is 0 Å². The van der Waals surface area contributed by atoms with E-state index in [2.05, 4.69) is 5.32 Å². The molecule has 3 aromatic carbocycles. The van der Waals surface area contributed by atoms with Crippen molar-refractivity contribution in [2.45, 2.75) is 19.9 Å². The molecule has 0 unspecified atom stereocenters. The number of nitro groups is 1. The third-order valence-electron chi connectivity index (χ3n) is 5.25. The standard InChI is InChI=1S/C26H27N3O5/c1-19-6-8-20(9-7-19)18-28(26(31)22-10-12-23(13-11-22)29(32)33)24-5-3-4-21(16-24)17-25(30)27-14-15-34-2/h3-13,16H,14-15,17-18H2,1-2H3,(H,27,30). The number of carbonyl (C=O) groups excluding carboxylic acids is 2. The first kappa shape index (κ1) is 24.6. The first-order valence-electron chi connectivity index (χ1n) is 10.8. The molecule has 0 saturated carbocycles. The number of ether oxygens (including phenoxy) is 1. The second-order valence-electron chi connectivity index (χ2n) is 7.87. The minimum absolute atomic E-state index is 0.0804. The van der Waals surface area contributed by atoms with E-state index in [4.69, 9.17) is 4.74 Å². The van der Waals surface area contributed by atoms with Crippen LogP contribution >= 0.6 is 0 Å². The van der Waals surface area contributed by atoms with Crippen molar-refractivity contribution in [3.8, 4) is 0 Å². The number of carbonyl (C=O) groups is 2. The van der Waals surface area contributed by atoms with Crippen LogP contribution in [0.3, 0.4) is 0 Å². The van der Waals surface area contributed by atoms with Crippen LogP contribution in [0, 0.1) is 17.0 Å². The number of benzene rings is 3. The van der Waals surface area contributed by atoms with Crippen molar-refractivity contribution in [1.82, 2.24) is 5.32 Å². The van der Waals surface area contributed by atoms with E-state index in [1.165, 1.54) is 24.3 Å². The summed E-state index contributed by atoms with van der Waals surface area (Å²) in [5.74, 6) is -0.432. The summed E-state index contributed by atoms with van der Waals surface area (Å²) in [6.07, 6.45) is 0.168. The first-order chi connectivity index (χ1) is 16.4. The number of anilines is 1. The highest BCUT2D eigenvalue weighted by Gasteiger charge is 2.20. The third-order valence-corrected chi connectivity index (χ3v) is 5.25. The molecule has 0 radical (unpaired) electrons. The number of methoxy groups -OCH3 is 1. The Kier molecular flexibility index (Phi) is 8.48. The van der Waals surface area contributed by atoms with Crippen molar-refractivity contribution >= 4 is 23.2 Å². The van der Waals surface area contributed by atoms with Gasteiger partial charge in [-0.05, 0) is 42.3 Å². The minimum Gasteiger partial charge on any atom is -0.383 e. The van der Waals surface area contributed by atoms with Crippen molar-refractivity contribution in [3.05, 3.63) is 105 Å². The maximum Gasteiger partial charge on any atom is 0.269 e. The average molecular weight is 462 g/mol. The smallest absolute Gasteiger partial charge is 0.269 e. The van der Waals surface area contributed by atoms with Gasteiger partial charge in [0, 0.05) is 37.0 Å². The molecule has 8 heteroatoms. The lowest BCUT2D eigenvalue weighted by molar-refractivity contribution is -0.384. The van der Waals surface area contributed by atoms with E-state index in [9.17, 15) is 19.7 Å². The van der Waals surface area contributed by atoms with Crippen LogP contribution in [0.2, 0.25) is 0 Å². The molecule has 0 fully saturated rings. The lowest BCUT2D eigenvalue weighted by atomic mass is 10.1. The molecule has 0 saturated heterocycles. The number of non-ortho nitro benzene ring substituents is 1. The van der Waals surface area contributed by atoms with Crippen molar-refractivity contribution in [2.75, 3.05) is 25.2 Å². The van der Waals surface area contributed by atoms with Gasteiger partial charge in [0.25, 0.3) is 11.6 Å². The molecule has 34 heavy (non-hydrogen) atoms. The van der Waals surface area contributed by atoms with Gasteiger partial charge in [-0.1, -0.05) is 42.0 Å². The summed E-state index contributed by atoms with van der Waals surface area (Å²) in [5.41, 5.74) is 3.69. The Bertz CT molecular complexity index is 1140. The predicted octanol–water partition coefficient (Wildman–Crippen LogP) is 4.06. The zero-order chi connectivity index (χ0) is 24.5. The van der Waals surface area contributed by atoms with Crippen LogP contribution in [0.25, 0.3) is 0 Å². The molecule has 0 aliphatic carbocycles. The lowest BCUT2D eigenvalue weighted by Gasteiger charge is -2.24. The molecular weight excluding hydrogens is 434 g/mol. The van der Waals surface area contributed by atoms with Gasteiger partial charge in [-0.15, -0.1) is 0 Å². The fraction of sp³-hybridized carbons (Fsp3) is 0.231. The van der Waals surface area contributed by atoms with Crippen LogP contribution in [-0.2, 0) is 22.5 Å². The van der Waals surface area contributed by atoms with Gasteiger partial charge in [-0.3, -0.25) is 19.7 Å². The maximum atomic E-state index is 13.5. The molecule has 0 heterocycles. The zero-order valence-electron chi connectivity index (χ0n) is 19.2. The van der Waals surface area contributed by atoms with Crippen LogP contribution in [0.5, 0.6) is 0 Å². The van der Waals surface area contributed by atoms with E-state index in [0.717, 1.165) is 16.7 Å². The van der Waals surface area contributed by atoms with Gasteiger partial charge in [0.15, 0.2) is 0 Å². The fourth-order valence-electron chi connectivity index (χ4n) is 3.41. The molecule has 8 nitrogen and oxygen atoms in total. The Morgan fingerprint density at radius 2 is 1.71 bits per heavy atom. The highest BCUT2D eigenvalue weighted by atomic mass is 16.6. The molecule has 0 aliphatic rings. The summed E-state index contributed by atoms with van der Waals surface area (Å²) in [6.45, 7) is 3.15. The summed E-state index contributed by atoms with van der Waals surface area (Å²) in [6, 6.07) is 20.7. The number of rotatable bonds is 10. The highest BCUT2D eigenvalue weighted by molar-refractivity contribution is 6.06. The van der Waals surface area contributed by atoms with Gasteiger partial charge in [-0.25, -0.2) is 0 Å². The number of amides is 2. The van der Waals surface area contributed by atoms with Gasteiger partial charge in [-0.2, -0.15) is 0 Å². The van der Waals surface area contributed by atoms with Gasteiger partial charge < -0.3 is 15.0 Å². The van der Waals surface area contributed by atoms with E-state index < -0.39 is 4.92 Å². The van der Waals surface area contributed by atoms with Crippen molar-refractivity contribution in [3.63, 3.8) is 0 Å². The van der Waals surface area contributed by atoms with Gasteiger partial charge in [0.05, 0.1) is 24.5 Å². The van der Waals surface area contributed by atoms with E-state index in [-0.39, 0.29) is 23.9 Å². The van der Waals surface area contributed by atoms with Crippen molar-refractivity contribution in [2.24, 2.45) is 0 Å². The molecule has 0 aliphatic heterocycles. The molecule has 176 valence electrons. The summed E-state index contributed by atoms with van der Waals surface area (Å²) in [5, 5.41) is 13.8. The second-order valence-corrected chi connectivity index (χ2v) is 7.87. The SMILES string of the molecule is COCCNC(=O)Cc1cccc(N(Cc2ccc(C)cc2)C(=O)c2ccc([N+](=O)[O-])cc2)c1. The van der Waals surface area contributed by atoms with Gasteiger partial charge in [0.1, 0.15) is 0 Å². The number of nitrogens with zero attached hydrogens (tertiary/aromatic N) is 2. The Balaban J connectivity index is 1.88. The van der Waals surface area contributed by atoms with Crippen molar-refractivity contribution in [1.29, 1.82) is 0 Å². The average Bonchev–Trinajstić information content (AvgIpc) is 2.83. The van der Waals surface area contributed by atoms with Crippen LogP contribution in [-0.4, -0.2) is 37.0 Å². The Morgan fingerprint density at radius 1 is 1.00 bits per heavy atom. The highest BCUT2D eigenvalue weighted by Crippen LogP contribution is 2.23. The number of aryl methyl sites for hydroxylation is 1. The summed E-state index contributed by atoms with van der Waals surface area (Å²) < 4.78 is 4.95. The monoisotopic (exact) mass is 461 g/mol. The Morgan fingerprint density at radius 3 is 2.35 bits per heavy atom. The van der Waals surface area contributed by atoms with Crippen LogP contribution in [0.4, 0.5) is 11.4 Å². The minimum atomic E-state index is -0.501. The van der Waals surface area contributed by atoms with Crippen LogP contribution in [0.1, 0.15) is 27.0 Å². The molecule has 0 aromatic heterocycles. The van der Waals surface area contributed by atoms with E-state index in [0.29, 0.717) is 30.9 Å². The maximum absolute atomic E-state index is 13.5. The molecule has 2 amide bonds. The lowest BCUT2D eigenvalue weighted by Crippen LogP contribution is -2.31. The van der Waals surface area contributed by atoms with Crippen LogP contribution in [0.15, 0.2) is 72.8 Å². The fourth-order valence-corrected chi connectivity index (χ4v) is 3.41. The molecular formula is C26H27N3O5.